The number of hydrogen-bond acceptors (Lipinski definition) is 4. The molecule has 0 spiro atoms. The maximum absolute atomic E-state index is 5.15. The van der Waals surface area contributed by atoms with Crippen LogP contribution in [0.5, 0.6) is 0 Å². The molecule has 6 nitrogen and oxygen atoms in total. The van der Waals surface area contributed by atoms with Crippen molar-refractivity contribution >= 4 is 102 Å². The van der Waals surface area contributed by atoms with Crippen LogP contribution in [0, 0.1) is 0 Å². The van der Waals surface area contributed by atoms with Crippen LogP contribution in [-0.2, 0) is 0 Å². The Labute approximate surface area is 310 Å². The average molecular weight is 707 g/mol. The molecule has 0 bridgehead atoms. The van der Waals surface area contributed by atoms with E-state index in [9.17, 15) is 0 Å². The Balaban J connectivity index is 1.02. The standard InChI is InChI=1S/C47H26N6S/c1-5-16-36-29(10-1)31-13-9-14-33-44-39(52(36)45(31)33)21-22-40-43(44)32-12-2-6-17-37(32)53(40)47-48-25-27(26-49-47)46-50-35-15-4-7-18-38(35)51(46)28-20-23-42-34(24-28)30-11-3-8-19-41(30)54-42/h1-26H. The summed E-state index contributed by atoms with van der Waals surface area (Å²) in [6.07, 6.45) is 3.84. The maximum atomic E-state index is 5.15. The smallest absolute Gasteiger partial charge is 0.234 e. The minimum atomic E-state index is 0.625. The van der Waals surface area contributed by atoms with Crippen molar-refractivity contribution in [1.82, 2.24) is 28.5 Å². The van der Waals surface area contributed by atoms with E-state index in [1.54, 1.807) is 0 Å². The van der Waals surface area contributed by atoms with E-state index in [1.165, 1.54) is 69.0 Å². The number of hydrogen-bond donors (Lipinski definition) is 0. The van der Waals surface area contributed by atoms with Crippen LogP contribution in [-0.4, -0.2) is 28.5 Å². The molecule has 0 atom stereocenters. The summed E-state index contributed by atoms with van der Waals surface area (Å²) in [4.78, 5) is 15.3. The molecule has 250 valence electrons. The molecule has 0 aliphatic heterocycles. The van der Waals surface area contributed by atoms with Gasteiger partial charge < -0.3 is 4.40 Å². The second kappa shape index (κ2) is 10.3. The van der Waals surface area contributed by atoms with Gasteiger partial charge in [-0.1, -0.05) is 84.9 Å². The highest BCUT2D eigenvalue weighted by atomic mass is 32.1. The second-order valence-corrected chi connectivity index (χ2v) is 15.2. The van der Waals surface area contributed by atoms with Crippen LogP contribution >= 0.6 is 11.3 Å². The van der Waals surface area contributed by atoms with Crippen molar-refractivity contribution in [2.24, 2.45) is 0 Å². The van der Waals surface area contributed by atoms with Crippen LogP contribution < -0.4 is 0 Å². The van der Waals surface area contributed by atoms with E-state index in [1.807, 2.05) is 29.8 Å². The third-order valence-corrected chi connectivity index (χ3v) is 12.4. The van der Waals surface area contributed by atoms with Crippen molar-refractivity contribution in [2.45, 2.75) is 0 Å². The molecule has 13 aromatic rings. The van der Waals surface area contributed by atoms with Gasteiger partial charge in [-0.05, 0) is 60.7 Å². The van der Waals surface area contributed by atoms with Crippen LogP contribution in [0.2, 0.25) is 0 Å². The molecule has 0 saturated carbocycles. The molecule has 7 heteroatoms. The number of nitrogens with zero attached hydrogens (tertiary/aromatic N) is 6. The first-order chi connectivity index (χ1) is 26.8. The van der Waals surface area contributed by atoms with E-state index < -0.39 is 0 Å². The van der Waals surface area contributed by atoms with Gasteiger partial charge in [0, 0.05) is 70.6 Å². The average Bonchev–Trinajstić information content (AvgIpc) is 4.03. The van der Waals surface area contributed by atoms with E-state index in [-0.39, 0.29) is 0 Å². The third-order valence-electron chi connectivity index (χ3n) is 11.3. The fraction of sp³-hybridized carbons (Fsp3) is 0. The molecule has 0 radical (unpaired) electrons. The van der Waals surface area contributed by atoms with Gasteiger partial charge in [0.15, 0.2) is 0 Å². The molecular formula is C47H26N6S. The van der Waals surface area contributed by atoms with Crippen LogP contribution in [0.25, 0.3) is 114 Å². The summed E-state index contributed by atoms with van der Waals surface area (Å²) < 4.78 is 9.45. The van der Waals surface area contributed by atoms with E-state index in [2.05, 4.69) is 153 Å². The lowest BCUT2D eigenvalue weighted by Gasteiger charge is -2.11. The lowest BCUT2D eigenvalue weighted by molar-refractivity contribution is 0.983. The number of imidazole rings is 1. The monoisotopic (exact) mass is 706 g/mol. The Hall–Kier alpha value is -7.09. The number of benzene rings is 7. The first-order valence-electron chi connectivity index (χ1n) is 18.1. The number of aromatic nitrogens is 6. The zero-order chi connectivity index (χ0) is 35.1. The predicted molar refractivity (Wildman–Crippen MR) is 224 cm³/mol. The minimum absolute atomic E-state index is 0.625. The zero-order valence-electron chi connectivity index (χ0n) is 28.6. The Morgan fingerprint density at radius 1 is 0.444 bits per heavy atom. The first kappa shape index (κ1) is 28.5. The molecule has 0 aliphatic carbocycles. The van der Waals surface area contributed by atoms with Gasteiger partial charge in [-0.2, -0.15) is 0 Å². The molecule has 6 heterocycles. The van der Waals surface area contributed by atoms with Crippen LogP contribution in [0.15, 0.2) is 158 Å². The van der Waals surface area contributed by atoms with Gasteiger partial charge in [-0.15, -0.1) is 11.3 Å². The molecule has 7 aromatic carbocycles. The van der Waals surface area contributed by atoms with E-state index in [0.717, 1.165) is 39.1 Å². The van der Waals surface area contributed by atoms with Crippen molar-refractivity contribution in [2.75, 3.05) is 0 Å². The molecule has 0 N–H and O–H groups in total. The number of thiophene rings is 1. The van der Waals surface area contributed by atoms with Crippen LogP contribution in [0.4, 0.5) is 0 Å². The summed E-state index contributed by atoms with van der Waals surface area (Å²) in [6.45, 7) is 0. The van der Waals surface area contributed by atoms with Gasteiger partial charge in [0.25, 0.3) is 0 Å². The molecule has 6 aromatic heterocycles. The van der Waals surface area contributed by atoms with Gasteiger partial charge in [-0.25, -0.2) is 15.0 Å². The van der Waals surface area contributed by atoms with Gasteiger partial charge in [0.2, 0.25) is 5.95 Å². The van der Waals surface area contributed by atoms with E-state index in [0.29, 0.717) is 5.95 Å². The minimum Gasteiger partial charge on any atom is -0.308 e. The summed E-state index contributed by atoms with van der Waals surface area (Å²) in [5, 5.41) is 10.0. The normalized spacial score (nSPS) is 12.4. The quantitative estimate of drug-likeness (QED) is 0.184. The summed E-state index contributed by atoms with van der Waals surface area (Å²) in [6, 6.07) is 52.2. The molecule has 13 rings (SSSR count). The Kier molecular flexibility index (Phi) is 5.42. The fourth-order valence-corrected chi connectivity index (χ4v) is 10.2. The van der Waals surface area contributed by atoms with Crippen molar-refractivity contribution in [3.63, 3.8) is 0 Å². The molecule has 0 unspecified atom stereocenters. The van der Waals surface area contributed by atoms with Gasteiger partial charge in [0.05, 0.1) is 44.2 Å². The van der Waals surface area contributed by atoms with Crippen molar-refractivity contribution in [1.29, 1.82) is 0 Å². The summed E-state index contributed by atoms with van der Waals surface area (Å²) in [7, 11) is 0. The van der Waals surface area contributed by atoms with Crippen LogP contribution in [0.3, 0.4) is 0 Å². The summed E-state index contributed by atoms with van der Waals surface area (Å²) in [5.41, 5.74) is 9.75. The summed E-state index contributed by atoms with van der Waals surface area (Å²) in [5.74, 6) is 1.43. The topological polar surface area (TPSA) is 52.9 Å². The van der Waals surface area contributed by atoms with E-state index >= 15 is 0 Å². The van der Waals surface area contributed by atoms with Gasteiger partial charge in [0.1, 0.15) is 5.82 Å². The van der Waals surface area contributed by atoms with Crippen molar-refractivity contribution in [3.8, 4) is 23.0 Å². The van der Waals surface area contributed by atoms with Gasteiger partial charge >= 0.3 is 0 Å². The molecule has 0 fully saturated rings. The molecular weight excluding hydrogens is 681 g/mol. The molecule has 0 saturated heterocycles. The zero-order valence-corrected chi connectivity index (χ0v) is 29.4. The van der Waals surface area contributed by atoms with Crippen molar-refractivity contribution in [3.05, 3.63) is 158 Å². The molecule has 54 heavy (non-hydrogen) atoms. The highest BCUT2D eigenvalue weighted by molar-refractivity contribution is 7.25. The highest BCUT2D eigenvalue weighted by Gasteiger charge is 2.23. The maximum Gasteiger partial charge on any atom is 0.234 e. The largest absolute Gasteiger partial charge is 0.308 e. The second-order valence-electron chi connectivity index (χ2n) is 14.1. The number of fused-ring (bicyclic) bond motifs is 14. The fourth-order valence-electron chi connectivity index (χ4n) is 9.08. The lowest BCUT2D eigenvalue weighted by Crippen LogP contribution is -2.03. The Morgan fingerprint density at radius 2 is 1.11 bits per heavy atom. The SMILES string of the molecule is c1ccc2c(c1)nc(-c1cnc(-n3c4ccccc4c4c5c6cccc7c8ccccc8n(c5ccc43)c76)nc1)n2-c1ccc2sc3ccccc3c2c1. The van der Waals surface area contributed by atoms with Crippen molar-refractivity contribution < 1.29 is 0 Å². The molecule has 0 aliphatic rings. The third kappa shape index (κ3) is 3.61. The number of rotatable bonds is 3. The van der Waals surface area contributed by atoms with E-state index in [4.69, 9.17) is 15.0 Å². The van der Waals surface area contributed by atoms with Crippen LogP contribution in [0.1, 0.15) is 0 Å². The number of para-hydroxylation sites is 5. The summed E-state index contributed by atoms with van der Waals surface area (Å²) >= 11 is 1.83. The predicted octanol–water partition coefficient (Wildman–Crippen LogP) is 12.1. The Bertz CT molecular complexity index is 3680. The highest BCUT2D eigenvalue weighted by Crippen LogP contribution is 2.45. The molecule has 0 amide bonds. The van der Waals surface area contributed by atoms with Gasteiger partial charge in [-0.3, -0.25) is 9.13 Å². The Morgan fingerprint density at radius 3 is 2.00 bits per heavy atom. The lowest BCUT2D eigenvalue weighted by atomic mass is 10.0. The first-order valence-corrected chi connectivity index (χ1v) is 18.9.